The first-order chi connectivity index (χ1) is 15.2. The second-order valence-corrected chi connectivity index (χ2v) is 10.00. The zero-order chi connectivity index (χ0) is 21.2. The second kappa shape index (κ2) is 9.23. The van der Waals surface area contributed by atoms with Crippen LogP contribution in [0, 0.1) is 5.92 Å². The molecule has 5 nitrogen and oxygen atoms in total. The summed E-state index contributed by atoms with van der Waals surface area (Å²) in [5, 5.41) is 0. The second-order valence-electron chi connectivity index (χ2n) is 8.85. The molecule has 5 rings (SSSR count). The number of nitrogens with zero attached hydrogens (tertiary/aromatic N) is 2. The number of rotatable bonds is 5. The van der Waals surface area contributed by atoms with Gasteiger partial charge in [-0.15, -0.1) is 0 Å². The van der Waals surface area contributed by atoms with E-state index in [0.29, 0.717) is 11.8 Å². The minimum atomic E-state index is 0.162. The molecule has 3 aliphatic rings. The van der Waals surface area contributed by atoms with Gasteiger partial charge in [0.05, 0.1) is 0 Å². The van der Waals surface area contributed by atoms with Crippen LogP contribution >= 0.6 is 11.8 Å². The van der Waals surface area contributed by atoms with Gasteiger partial charge in [0.15, 0.2) is 17.3 Å². The van der Waals surface area contributed by atoms with E-state index in [1.54, 1.807) is 11.8 Å². The Kier molecular flexibility index (Phi) is 6.21. The average molecular weight is 439 g/mol. The Bertz CT molecular complexity index is 917. The van der Waals surface area contributed by atoms with Crippen molar-refractivity contribution in [1.82, 2.24) is 9.80 Å². The Morgan fingerprint density at radius 2 is 1.55 bits per heavy atom. The number of likely N-dealkylation sites (tertiary alicyclic amines) is 2. The third-order valence-corrected chi connectivity index (χ3v) is 7.82. The fourth-order valence-corrected chi connectivity index (χ4v) is 5.73. The van der Waals surface area contributed by atoms with Crippen molar-refractivity contribution in [3.8, 4) is 11.5 Å². The van der Waals surface area contributed by atoms with Crippen LogP contribution in [0.4, 0.5) is 0 Å². The molecule has 0 aliphatic carbocycles. The summed E-state index contributed by atoms with van der Waals surface area (Å²) in [6.07, 6.45) is 4.49. The van der Waals surface area contributed by atoms with Crippen LogP contribution in [0.5, 0.6) is 11.5 Å². The molecule has 0 radical (unpaired) electrons. The van der Waals surface area contributed by atoms with Gasteiger partial charge in [0, 0.05) is 27.3 Å². The van der Waals surface area contributed by atoms with Crippen molar-refractivity contribution in [3.63, 3.8) is 0 Å². The fourth-order valence-electron chi connectivity index (χ4n) is 4.89. The predicted octanol–water partition coefficient (Wildman–Crippen LogP) is 4.56. The monoisotopic (exact) mass is 438 g/mol. The van der Waals surface area contributed by atoms with E-state index in [1.165, 1.54) is 25.9 Å². The third kappa shape index (κ3) is 4.76. The Hall–Kier alpha value is -2.02. The van der Waals surface area contributed by atoms with E-state index in [2.05, 4.69) is 29.0 Å². The molecule has 0 N–H and O–H groups in total. The Labute approximate surface area is 188 Å². The van der Waals surface area contributed by atoms with Gasteiger partial charge in [-0.05, 0) is 89.2 Å². The average Bonchev–Trinajstić information content (AvgIpc) is 3.28. The largest absolute Gasteiger partial charge is 0.454 e. The van der Waals surface area contributed by atoms with Crippen molar-refractivity contribution < 1.29 is 14.3 Å². The molecule has 0 aromatic heterocycles. The summed E-state index contributed by atoms with van der Waals surface area (Å²) in [6.45, 7) is 4.79. The van der Waals surface area contributed by atoms with Gasteiger partial charge < -0.3 is 19.3 Å². The van der Waals surface area contributed by atoms with Crippen LogP contribution in [0.2, 0.25) is 0 Å². The molecule has 2 fully saturated rings. The molecule has 0 unspecified atom stereocenters. The zero-order valence-corrected chi connectivity index (χ0v) is 18.9. The minimum absolute atomic E-state index is 0.162. The summed E-state index contributed by atoms with van der Waals surface area (Å²) < 4.78 is 10.8. The molecule has 164 valence electrons. The van der Waals surface area contributed by atoms with Crippen LogP contribution in [-0.4, -0.2) is 61.6 Å². The highest BCUT2D eigenvalue weighted by Gasteiger charge is 2.30. The number of piperidine rings is 2. The number of benzene rings is 2. The number of ether oxygens (including phenoxy) is 2. The Morgan fingerprint density at radius 1 is 0.871 bits per heavy atom. The van der Waals surface area contributed by atoms with Crippen LogP contribution in [0.1, 0.15) is 36.0 Å². The molecular weight excluding hydrogens is 408 g/mol. The summed E-state index contributed by atoms with van der Waals surface area (Å²) in [7, 11) is 2.21. The van der Waals surface area contributed by atoms with E-state index >= 15 is 0 Å². The van der Waals surface area contributed by atoms with Crippen molar-refractivity contribution in [3.05, 3.63) is 48.0 Å². The standard InChI is InChI=1S/C25H30N2O3S/c1-26-12-10-20(11-13-26)27-14-8-19(9-15-27)25(28)18-2-4-21(5-3-18)31-22-6-7-23-24(16-22)30-17-29-23/h2-7,16,19-20H,8-15,17H2,1H3. The molecule has 0 bridgehead atoms. The van der Waals surface area contributed by atoms with Crippen LogP contribution in [-0.2, 0) is 0 Å². The minimum Gasteiger partial charge on any atom is -0.454 e. The van der Waals surface area contributed by atoms with Crippen molar-refractivity contribution in [2.45, 2.75) is 41.5 Å². The number of fused-ring (bicyclic) bond motifs is 1. The lowest BCUT2D eigenvalue weighted by molar-refractivity contribution is 0.0685. The third-order valence-electron chi connectivity index (χ3n) is 6.82. The number of Topliss-reactive ketones (excluding diaryl/α,β-unsaturated/α-hetero) is 1. The SMILES string of the molecule is CN1CCC(N2CCC(C(=O)c3ccc(Sc4ccc5c(c4)OCO5)cc3)CC2)CC1. The van der Waals surface area contributed by atoms with Crippen molar-refractivity contribution in [1.29, 1.82) is 0 Å². The lowest BCUT2D eigenvalue weighted by Gasteiger charge is -2.40. The molecule has 2 saturated heterocycles. The molecule has 31 heavy (non-hydrogen) atoms. The maximum atomic E-state index is 13.1. The van der Waals surface area contributed by atoms with Crippen LogP contribution < -0.4 is 9.47 Å². The van der Waals surface area contributed by atoms with Gasteiger partial charge in [-0.1, -0.05) is 23.9 Å². The molecule has 2 aromatic rings. The Morgan fingerprint density at radius 3 is 2.29 bits per heavy atom. The molecule has 3 aliphatic heterocycles. The lowest BCUT2D eigenvalue weighted by Crippen LogP contribution is -2.47. The molecule has 3 heterocycles. The van der Waals surface area contributed by atoms with E-state index in [0.717, 1.165) is 52.8 Å². The highest BCUT2D eigenvalue weighted by atomic mass is 32.2. The lowest BCUT2D eigenvalue weighted by atomic mass is 9.87. The highest BCUT2D eigenvalue weighted by molar-refractivity contribution is 7.99. The summed E-state index contributed by atoms with van der Waals surface area (Å²) in [6, 6.07) is 14.8. The molecule has 2 aromatic carbocycles. The van der Waals surface area contributed by atoms with Crippen molar-refractivity contribution in [2.24, 2.45) is 5.92 Å². The number of hydrogen-bond acceptors (Lipinski definition) is 6. The Balaban J connectivity index is 1.15. The maximum Gasteiger partial charge on any atom is 0.231 e. The smallest absolute Gasteiger partial charge is 0.231 e. The number of carbonyl (C=O) groups is 1. The van der Waals surface area contributed by atoms with Gasteiger partial charge in [0.25, 0.3) is 0 Å². The van der Waals surface area contributed by atoms with E-state index in [9.17, 15) is 4.79 Å². The van der Waals surface area contributed by atoms with Gasteiger partial charge in [-0.3, -0.25) is 4.79 Å². The van der Waals surface area contributed by atoms with Gasteiger partial charge in [-0.25, -0.2) is 0 Å². The topological polar surface area (TPSA) is 42.0 Å². The van der Waals surface area contributed by atoms with E-state index < -0.39 is 0 Å². The van der Waals surface area contributed by atoms with Gasteiger partial charge in [0.1, 0.15) is 0 Å². The normalized spacial score (nSPS) is 20.8. The molecular formula is C25H30N2O3S. The van der Waals surface area contributed by atoms with E-state index in [4.69, 9.17) is 9.47 Å². The number of carbonyl (C=O) groups excluding carboxylic acids is 1. The molecule has 0 spiro atoms. The van der Waals surface area contributed by atoms with Gasteiger partial charge in [-0.2, -0.15) is 0 Å². The van der Waals surface area contributed by atoms with E-state index in [1.807, 2.05) is 30.3 Å². The summed E-state index contributed by atoms with van der Waals surface area (Å²) in [5.41, 5.74) is 0.841. The number of ketones is 1. The summed E-state index contributed by atoms with van der Waals surface area (Å²) in [4.78, 5) is 20.3. The molecule has 0 atom stereocenters. The quantitative estimate of drug-likeness (QED) is 0.638. The summed E-state index contributed by atoms with van der Waals surface area (Å²) in [5.74, 6) is 2.06. The van der Waals surface area contributed by atoms with Crippen LogP contribution in [0.3, 0.4) is 0 Å². The van der Waals surface area contributed by atoms with Crippen molar-refractivity contribution >= 4 is 17.5 Å². The van der Waals surface area contributed by atoms with E-state index in [-0.39, 0.29) is 12.7 Å². The summed E-state index contributed by atoms with van der Waals surface area (Å²) >= 11 is 1.67. The first-order valence-corrected chi connectivity index (χ1v) is 12.1. The number of hydrogen-bond donors (Lipinski definition) is 0. The predicted molar refractivity (Wildman–Crippen MR) is 122 cm³/mol. The molecule has 0 saturated carbocycles. The van der Waals surface area contributed by atoms with Gasteiger partial charge in [0.2, 0.25) is 6.79 Å². The highest BCUT2D eigenvalue weighted by Crippen LogP contribution is 2.38. The molecule has 0 amide bonds. The maximum absolute atomic E-state index is 13.1. The fraction of sp³-hybridized carbons (Fsp3) is 0.480. The first-order valence-electron chi connectivity index (χ1n) is 11.3. The zero-order valence-electron chi connectivity index (χ0n) is 18.1. The van der Waals surface area contributed by atoms with Crippen LogP contribution in [0.15, 0.2) is 52.3 Å². The van der Waals surface area contributed by atoms with Crippen LogP contribution in [0.25, 0.3) is 0 Å². The van der Waals surface area contributed by atoms with Crippen molar-refractivity contribution in [2.75, 3.05) is 40.0 Å². The first kappa shape index (κ1) is 20.9. The van der Waals surface area contributed by atoms with Gasteiger partial charge >= 0.3 is 0 Å². The molecule has 6 heteroatoms.